The molecule has 0 saturated carbocycles. The van der Waals surface area contributed by atoms with Crippen molar-refractivity contribution in [3.8, 4) is 0 Å². The molecule has 1 aromatic carbocycles. The Hall–Kier alpha value is -2.14. The van der Waals surface area contributed by atoms with Gasteiger partial charge < -0.3 is 15.4 Å². The van der Waals surface area contributed by atoms with E-state index in [4.69, 9.17) is 4.74 Å². The van der Waals surface area contributed by atoms with Crippen molar-refractivity contribution in [1.82, 2.24) is 10.6 Å². The SMILES string of the molecule is CC1OCC/C=C/CCCC(c2ccccc2)C(=O)NCCNC1=O. The van der Waals surface area contributed by atoms with Gasteiger partial charge in [-0.2, -0.15) is 0 Å². The third-order valence-electron chi connectivity index (χ3n) is 4.29. The van der Waals surface area contributed by atoms with Crippen molar-refractivity contribution in [2.24, 2.45) is 0 Å². The number of benzene rings is 1. The highest BCUT2D eigenvalue weighted by atomic mass is 16.5. The van der Waals surface area contributed by atoms with E-state index in [0.717, 1.165) is 31.2 Å². The minimum Gasteiger partial charge on any atom is -0.368 e. The number of carbonyl (C=O) groups excluding carboxylic acids is 2. The fraction of sp³-hybridized carbons (Fsp3) is 0.500. The van der Waals surface area contributed by atoms with Crippen LogP contribution in [0.4, 0.5) is 0 Å². The third-order valence-corrected chi connectivity index (χ3v) is 4.29. The van der Waals surface area contributed by atoms with Crippen LogP contribution >= 0.6 is 0 Å². The lowest BCUT2D eigenvalue weighted by Crippen LogP contribution is -2.40. The first-order valence-electron chi connectivity index (χ1n) is 9.05. The van der Waals surface area contributed by atoms with E-state index >= 15 is 0 Å². The van der Waals surface area contributed by atoms with Gasteiger partial charge in [-0.15, -0.1) is 0 Å². The van der Waals surface area contributed by atoms with Crippen molar-refractivity contribution in [1.29, 1.82) is 0 Å². The molecule has 0 aliphatic carbocycles. The van der Waals surface area contributed by atoms with Crippen LogP contribution in [0.1, 0.15) is 44.1 Å². The Labute approximate surface area is 149 Å². The van der Waals surface area contributed by atoms with Gasteiger partial charge in [0.1, 0.15) is 6.10 Å². The number of amides is 2. The van der Waals surface area contributed by atoms with Crippen LogP contribution in [0.3, 0.4) is 0 Å². The molecular formula is C20H28N2O3. The second-order valence-electron chi connectivity index (χ2n) is 6.25. The van der Waals surface area contributed by atoms with Crippen molar-refractivity contribution in [3.63, 3.8) is 0 Å². The Morgan fingerprint density at radius 1 is 0.960 bits per heavy atom. The molecule has 1 aromatic rings. The normalized spacial score (nSPS) is 25.6. The zero-order valence-corrected chi connectivity index (χ0v) is 14.9. The smallest absolute Gasteiger partial charge is 0.248 e. The van der Waals surface area contributed by atoms with E-state index in [0.29, 0.717) is 19.7 Å². The number of rotatable bonds is 1. The van der Waals surface area contributed by atoms with Gasteiger partial charge in [0.15, 0.2) is 0 Å². The minimum absolute atomic E-state index is 0.0146. The Morgan fingerprint density at radius 2 is 1.64 bits per heavy atom. The molecular weight excluding hydrogens is 316 g/mol. The quantitative estimate of drug-likeness (QED) is 0.770. The summed E-state index contributed by atoms with van der Waals surface area (Å²) in [6, 6.07) is 9.88. The fourth-order valence-corrected chi connectivity index (χ4v) is 2.84. The Morgan fingerprint density at radius 3 is 2.40 bits per heavy atom. The van der Waals surface area contributed by atoms with Gasteiger partial charge in [-0.3, -0.25) is 9.59 Å². The van der Waals surface area contributed by atoms with Crippen molar-refractivity contribution in [3.05, 3.63) is 48.0 Å². The standard InChI is InChI=1S/C20H28N2O3/c1-16-19(23)21-13-14-22-20(24)18(17-10-6-5-7-11-17)12-8-3-2-4-9-15-25-16/h2,4-7,10-11,16,18H,3,8-9,12-15H2,1H3,(H,21,23)(H,22,24)/b4-2+. The average Bonchev–Trinajstić information content (AvgIpc) is 2.63. The summed E-state index contributed by atoms with van der Waals surface area (Å²) in [5, 5.41) is 5.73. The Bertz CT molecular complexity index is 572. The maximum Gasteiger partial charge on any atom is 0.248 e. The minimum atomic E-state index is -0.478. The molecule has 0 spiro atoms. The highest BCUT2D eigenvalue weighted by Crippen LogP contribution is 2.22. The lowest BCUT2D eigenvalue weighted by atomic mass is 9.92. The molecule has 0 radical (unpaired) electrons. The average molecular weight is 344 g/mol. The number of hydrogen-bond acceptors (Lipinski definition) is 3. The van der Waals surface area contributed by atoms with E-state index in [1.54, 1.807) is 6.92 Å². The molecule has 2 amide bonds. The molecule has 25 heavy (non-hydrogen) atoms. The molecule has 1 heterocycles. The Balaban J connectivity index is 2.01. The molecule has 1 aliphatic heterocycles. The molecule has 2 unspecified atom stereocenters. The van der Waals surface area contributed by atoms with E-state index in [1.165, 1.54) is 0 Å². The highest BCUT2D eigenvalue weighted by molar-refractivity contribution is 5.84. The topological polar surface area (TPSA) is 67.4 Å². The summed E-state index contributed by atoms with van der Waals surface area (Å²) in [5.74, 6) is -0.286. The molecule has 0 saturated heterocycles. The van der Waals surface area contributed by atoms with Gasteiger partial charge in [-0.25, -0.2) is 0 Å². The van der Waals surface area contributed by atoms with Gasteiger partial charge in [-0.1, -0.05) is 42.5 Å². The number of nitrogens with one attached hydrogen (secondary N) is 2. The molecule has 0 bridgehead atoms. The highest BCUT2D eigenvalue weighted by Gasteiger charge is 2.20. The molecule has 1 aliphatic rings. The summed E-state index contributed by atoms with van der Waals surface area (Å²) in [4.78, 5) is 24.5. The second kappa shape index (κ2) is 10.7. The monoisotopic (exact) mass is 344 g/mol. The third kappa shape index (κ3) is 6.70. The summed E-state index contributed by atoms with van der Waals surface area (Å²) in [5.41, 5.74) is 1.04. The van der Waals surface area contributed by atoms with Crippen LogP contribution in [-0.2, 0) is 14.3 Å². The summed E-state index contributed by atoms with van der Waals surface area (Å²) in [6.45, 7) is 3.10. The first kappa shape index (κ1) is 19.2. The molecule has 2 N–H and O–H groups in total. The lowest BCUT2D eigenvalue weighted by molar-refractivity contribution is -0.131. The summed E-state index contributed by atoms with van der Waals surface area (Å²) in [7, 11) is 0. The number of carbonyl (C=O) groups is 2. The maximum absolute atomic E-state index is 12.6. The van der Waals surface area contributed by atoms with Gasteiger partial charge >= 0.3 is 0 Å². The predicted octanol–water partition coefficient (Wildman–Crippen LogP) is 2.54. The van der Waals surface area contributed by atoms with Crippen LogP contribution in [0, 0.1) is 0 Å². The van der Waals surface area contributed by atoms with Gasteiger partial charge in [0.05, 0.1) is 12.5 Å². The summed E-state index contributed by atoms with van der Waals surface area (Å²) >= 11 is 0. The van der Waals surface area contributed by atoms with E-state index in [2.05, 4.69) is 22.8 Å². The van der Waals surface area contributed by atoms with Crippen molar-refractivity contribution < 1.29 is 14.3 Å². The van der Waals surface area contributed by atoms with Crippen LogP contribution in [-0.4, -0.2) is 37.6 Å². The van der Waals surface area contributed by atoms with Crippen LogP contribution in [0.2, 0.25) is 0 Å². The molecule has 5 nitrogen and oxygen atoms in total. The maximum atomic E-state index is 12.6. The fourth-order valence-electron chi connectivity index (χ4n) is 2.84. The molecule has 0 aromatic heterocycles. The molecule has 136 valence electrons. The van der Waals surface area contributed by atoms with E-state index in [-0.39, 0.29) is 17.7 Å². The van der Waals surface area contributed by atoms with Crippen LogP contribution in [0.25, 0.3) is 0 Å². The Kier molecular flexibility index (Phi) is 8.19. The van der Waals surface area contributed by atoms with Gasteiger partial charge in [0, 0.05) is 13.1 Å². The zero-order chi connectivity index (χ0) is 17.9. The van der Waals surface area contributed by atoms with Crippen LogP contribution in [0.5, 0.6) is 0 Å². The summed E-state index contributed by atoms with van der Waals surface area (Å²) < 4.78 is 5.50. The number of allylic oxidation sites excluding steroid dienone is 1. The predicted molar refractivity (Wildman–Crippen MR) is 98.2 cm³/mol. The van der Waals surface area contributed by atoms with E-state index in [1.807, 2.05) is 30.3 Å². The van der Waals surface area contributed by atoms with Crippen molar-refractivity contribution in [2.75, 3.05) is 19.7 Å². The lowest BCUT2D eigenvalue weighted by Gasteiger charge is -2.18. The van der Waals surface area contributed by atoms with E-state index in [9.17, 15) is 9.59 Å². The van der Waals surface area contributed by atoms with Gasteiger partial charge in [0.2, 0.25) is 11.8 Å². The van der Waals surface area contributed by atoms with Crippen LogP contribution < -0.4 is 10.6 Å². The molecule has 0 fully saturated rings. The molecule has 2 atom stereocenters. The van der Waals surface area contributed by atoms with Crippen LogP contribution in [0.15, 0.2) is 42.5 Å². The largest absolute Gasteiger partial charge is 0.368 e. The number of ether oxygens (including phenoxy) is 1. The van der Waals surface area contributed by atoms with Crippen molar-refractivity contribution in [2.45, 2.75) is 44.6 Å². The summed E-state index contributed by atoms with van der Waals surface area (Å²) in [6.07, 6.45) is 7.22. The first-order valence-corrected chi connectivity index (χ1v) is 9.05. The second-order valence-corrected chi connectivity index (χ2v) is 6.25. The number of hydrogen-bond donors (Lipinski definition) is 2. The van der Waals surface area contributed by atoms with Gasteiger partial charge in [-0.05, 0) is 38.2 Å². The molecule has 5 heteroatoms. The van der Waals surface area contributed by atoms with Crippen molar-refractivity contribution >= 4 is 11.8 Å². The van der Waals surface area contributed by atoms with Gasteiger partial charge in [0.25, 0.3) is 0 Å². The zero-order valence-electron chi connectivity index (χ0n) is 14.9. The molecule has 2 rings (SSSR count). The van der Waals surface area contributed by atoms with E-state index < -0.39 is 6.10 Å². The first-order chi connectivity index (χ1) is 12.2.